The van der Waals surface area contributed by atoms with Crippen LogP contribution in [0.1, 0.15) is 27.3 Å². The minimum atomic E-state index is -0.355. The molecule has 3 rings (SSSR count). The van der Waals surface area contributed by atoms with Gasteiger partial charge in [0.25, 0.3) is 5.91 Å². The average molecular weight is 382 g/mol. The largest absolute Gasteiger partial charge is 0.354 e. The third-order valence-electron chi connectivity index (χ3n) is 4.09. The van der Waals surface area contributed by atoms with Crippen LogP contribution in [0.3, 0.4) is 0 Å². The van der Waals surface area contributed by atoms with E-state index in [0.717, 1.165) is 5.56 Å². The van der Waals surface area contributed by atoms with Gasteiger partial charge in [-0.2, -0.15) is 0 Å². The number of hydrogen-bond acceptors (Lipinski definition) is 4. The number of aryl methyl sites for hydroxylation is 1. The summed E-state index contributed by atoms with van der Waals surface area (Å²) in [4.78, 5) is 20.9. The molecule has 1 aromatic heterocycles. The first-order valence-electron chi connectivity index (χ1n) is 8.87. The zero-order valence-electron chi connectivity index (χ0n) is 15.4. The van der Waals surface area contributed by atoms with E-state index < -0.39 is 0 Å². The van der Waals surface area contributed by atoms with E-state index in [1.807, 2.05) is 0 Å². The Balaban J connectivity index is 1.59. The summed E-state index contributed by atoms with van der Waals surface area (Å²) in [6, 6.07) is 14.1. The fourth-order valence-corrected chi connectivity index (χ4v) is 2.65. The summed E-state index contributed by atoms with van der Waals surface area (Å²) in [6.07, 6.45) is 0.468. The molecule has 0 aliphatic rings. The number of rotatable bonds is 7. The Morgan fingerprint density at radius 2 is 1.79 bits per heavy atom. The van der Waals surface area contributed by atoms with Gasteiger partial charge in [-0.05, 0) is 48.7 Å². The van der Waals surface area contributed by atoms with Gasteiger partial charge in [0, 0.05) is 18.8 Å². The van der Waals surface area contributed by atoms with Crippen LogP contribution in [0.15, 0.2) is 54.6 Å². The molecule has 0 atom stereocenters. The number of nitrogens with zero attached hydrogens (tertiary/aromatic N) is 2. The highest BCUT2D eigenvalue weighted by Gasteiger charge is 2.11. The van der Waals surface area contributed by atoms with Crippen molar-refractivity contribution in [2.24, 2.45) is 0 Å². The SMILES string of the molecule is Cc1cc(C(=O)NCc2ccc(F)cc2)nc(NCCc2ccccc2F)n1. The summed E-state index contributed by atoms with van der Waals surface area (Å²) in [6.45, 7) is 2.46. The maximum absolute atomic E-state index is 13.7. The Labute approximate surface area is 161 Å². The molecule has 144 valence electrons. The molecule has 0 radical (unpaired) electrons. The lowest BCUT2D eigenvalue weighted by Crippen LogP contribution is -2.24. The summed E-state index contributed by atoms with van der Waals surface area (Å²) in [5.41, 5.74) is 2.24. The van der Waals surface area contributed by atoms with Gasteiger partial charge < -0.3 is 10.6 Å². The van der Waals surface area contributed by atoms with Crippen molar-refractivity contribution < 1.29 is 13.6 Å². The molecule has 0 fully saturated rings. The molecule has 0 spiro atoms. The molecule has 0 saturated carbocycles. The maximum Gasteiger partial charge on any atom is 0.270 e. The molecule has 0 bridgehead atoms. The molecule has 2 N–H and O–H groups in total. The zero-order chi connectivity index (χ0) is 19.9. The van der Waals surface area contributed by atoms with Crippen LogP contribution in [0.5, 0.6) is 0 Å². The first kappa shape index (κ1) is 19.4. The van der Waals surface area contributed by atoms with Gasteiger partial charge in [0.1, 0.15) is 17.3 Å². The van der Waals surface area contributed by atoms with Gasteiger partial charge >= 0.3 is 0 Å². The summed E-state index contributed by atoms with van der Waals surface area (Å²) in [5.74, 6) is -0.627. The van der Waals surface area contributed by atoms with Crippen LogP contribution >= 0.6 is 0 Å². The monoisotopic (exact) mass is 382 g/mol. The van der Waals surface area contributed by atoms with Gasteiger partial charge in [0.2, 0.25) is 5.95 Å². The van der Waals surface area contributed by atoms with Gasteiger partial charge in [-0.25, -0.2) is 18.7 Å². The smallest absolute Gasteiger partial charge is 0.270 e. The second kappa shape index (κ2) is 9.03. The van der Waals surface area contributed by atoms with Gasteiger partial charge in [0.15, 0.2) is 0 Å². The maximum atomic E-state index is 13.7. The Bertz CT molecular complexity index is 961. The molecule has 3 aromatic rings. The highest BCUT2D eigenvalue weighted by molar-refractivity contribution is 5.92. The minimum absolute atomic E-state index is 0.225. The Kier molecular flexibility index (Phi) is 6.26. The Hall–Kier alpha value is -3.35. The Morgan fingerprint density at radius 3 is 2.54 bits per heavy atom. The van der Waals surface area contributed by atoms with Crippen molar-refractivity contribution in [3.05, 3.63) is 88.7 Å². The Morgan fingerprint density at radius 1 is 1.04 bits per heavy atom. The lowest BCUT2D eigenvalue weighted by Gasteiger charge is -2.09. The molecule has 28 heavy (non-hydrogen) atoms. The summed E-state index contributed by atoms with van der Waals surface area (Å²) in [5, 5.41) is 5.78. The quantitative estimate of drug-likeness (QED) is 0.655. The van der Waals surface area contributed by atoms with E-state index in [0.29, 0.717) is 30.2 Å². The van der Waals surface area contributed by atoms with Crippen LogP contribution in [0.4, 0.5) is 14.7 Å². The fraction of sp³-hybridized carbons (Fsp3) is 0.190. The molecule has 1 amide bonds. The molecule has 5 nitrogen and oxygen atoms in total. The van der Waals surface area contributed by atoms with Gasteiger partial charge in [-0.15, -0.1) is 0 Å². The number of carbonyl (C=O) groups excluding carboxylic acids is 1. The van der Waals surface area contributed by atoms with E-state index in [2.05, 4.69) is 20.6 Å². The molecule has 7 heteroatoms. The molecule has 1 heterocycles. The molecular weight excluding hydrogens is 362 g/mol. The van der Waals surface area contributed by atoms with Crippen molar-refractivity contribution >= 4 is 11.9 Å². The zero-order valence-corrected chi connectivity index (χ0v) is 15.4. The van der Waals surface area contributed by atoms with E-state index >= 15 is 0 Å². The topological polar surface area (TPSA) is 66.9 Å². The second-order valence-corrected chi connectivity index (χ2v) is 6.30. The van der Waals surface area contributed by atoms with Crippen molar-refractivity contribution in [1.82, 2.24) is 15.3 Å². The minimum Gasteiger partial charge on any atom is -0.354 e. The highest BCUT2D eigenvalue weighted by Crippen LogP contribution is 2.09. The van der Waals surface area contributed by atoms with Crippen LogP contribution in [0, 0.1) is 18.6 Å². The number of carbonyl (C=O) groups is 1. The summed E-state index contributed by atoms with van der Waals surface area (Å²) in [7, 11) is 0. The number of nitrogens with one attached hydrogen (secondary N) is 2. The number of benzene rings is 2. The predicted molar refractivity (Wildman–Crippen MR) is 103 cm³/mol. The number of aromatic nitrogens is 2. The van der Waals surface area contributed by atoms with Crippen LogP contribution in [0.25, 0.3) is 0 Å². The molecule has 0 aliphatic heterocycles. The molecule has 0 saturated heterocycles. The number of halogens is 2. The third kappa shape index (κ3) is 5.33. The second-order valence-electron chi connectivity index (χ2n) is 6.30. The lowest BCUT2D eigenvalue weighted by atomic mass is 10.1. The predicted octanol–water partition coefficient (Wildman–Crippen LogP) is 3.65. The molecular formula is C21H20F2N4O. The van der Waals surface area contributed by atoms with Gasteiger partial charge in [0.05, 0.1) is 0 Å². The van der Waals surface area contributed by atoms with Crippen LogP contribution in [-0.2, 0) is 13.0 Å². The summed E-state index contributed by atoms with van der Waals surface area (Å²) < 4.78 is 26.6. The molecule has 0 unspecified atom stereocenters. The number of amides is 1. The van der Waals surface area contributed by atoms with Crippen molar-refractivity contribution in [1.29, 1.82) is 0 Å². The van der Waals surface area contributed by atoms with Crippen LogP contribution < -0.4 is 10.6 Å². The average Bonchev–Trinajstić information content (AvgIpc) is 2.68. The van der Waals surface area contributed by atoms with E-state index in [1.165, 1.54) is 18.2 Å². The van der Waals surface area contributed by atoms with E-state index in [1.54, 1.807) is 43.3 Å². The molecule has 2 aromatic carbocycles. The van der Waals surface area contributed by atoms with Crippen molar-refractivity contribution in [3.63, 3.8) is 0 Å². The van der Waals surface area contributed by atoms with Crippen molar-refractivity contribution in [2.45, 2.75) is 19.9 Å². The van der Waals surface area contributed by atoms with Crippen LogP contribution in [-0.4, -0.2) is 22.4 Å². The van der Waals surface area contributed by atoms with E-state index in [9.17, 15) is 13.6 Å². The summed E-state index contributed by atoms with van der Waals surface area (Å²) >= 11 is 0. The van der Waals surface area contributed by atoms with Crippen molar-refractivity contribution in [3.8, 4) is 0 Å². The fourth-order valence-electron chi connectivity index (χ4n) is 2.65. The van der Waals surface area contributed by atoms with Crippen LogP contribution in [0.2, 0.25) is 0 Å². The van der Waals surface area contributed by atoms with E-state index in [-0.39, 0.29) is 29.8 Å². The third-order valence-corrected chi connectivity index (χ3v) is 4.09. The first-order valence-corrected chi connectivity index (χ1v) is 8.87. The number of hydrogen-bond donors (Lipinski definition) is 2. The standard InChI is InChI=1S/C21H20F2N4O/c1-14-12-19(20(28)25-13-15-6-8-17(22)9-7-15)27-21(26-14)24-11-10-16-4-2-3-5-18(16)23/h2-9,12H,10-11,13H2,1H3,(H,25,28)(H,24,26,27). The highest BCUT2D eigenvalue weighted by atomic mass is 19.1. The number of anilines is 1. The van der Waals surface area contributed by atoms with Gasteiger partial charge in [-0.3, -0.25) is 4.79 Å². The first-order chi connectivity index (χ1) is 13.5. The normalized spacial score (nSPS) is 10.5. The van der Waals surface area contributed by atoms with E-state index in [4.69, 9.17) is 0 Å². The molecule has 0 aliphatic carbocycles. The van der Waals surface area contributed by atoms with Gasteiger partial charge in [-0.1, -0.05) is 30.3 Å². The van der Waals surface area contributed by atoms with Crippen molar-refractivity contribution in [2.75, 3.05) is 11.9 Å². The lowest BCUT2D eigenvalue weighted by molar-refractivity contribution is 0.0945.